The Morgan fingerprint density at radius 1 is 0.982 bits per heavy atom. The van der Waals surface area contributed by atoms with Crippen LogP contribution in [0.2, 0.25) is 0 Å². The van der Waals surface area contributed by atoms with Crippen molar-refractivity contribution in [3.63, 3.8) is 0 Å². The normalized spacial score (nSPS) is 17.0. The summed E-state index contributed by atoms with van der Waals surface area (Å²) in [7, 11) is 0. The number of thiazole rings is 1. The van der Waals surface area contributed by atoms with E-state index >= 15 is 0 Å². The molecule has 2 aliphatic rings. The summed E-state index contributed by atoms with van der Waals surface area (Å²) in [6.45, 7) is 4.37. The van der Waals surface area contributed by atoms with Gasteiger partial charge in [0.2, 0.25) is 12.4 Å². The van der Waals surface area contributed by atoms with Gasteiger partial charge in [-0.2, -0.15) is 0 Å². The topological polar surface area (TPSA) is 163 Å². The number of fused-ring (bicyclic) bond motifs is 1. The van der Waals surface area contributed by atoms with Crippen LogP contribution in [0.5, 0.6) is 0 Å². The van der Waals surface area contributed by atoms with Gasteiger partial charge >= 0.3 is 11.9 Å². The molecular weight excluding hydrogens is 759 g/mol. The number of hydrogen-bond donors (Lipinski definition) is 2. The van der Waals surface area contributed by atoms with Crippen molar-refractivity contribution in [1.29, 1.82) is 0 Å². The number of ether oxygens (including phenoxy) is 2. The lowest BCUT2D eigenvalue weighted by atomic mass is 9.80. The average Bonchev–Trinajstić information content (AvgIpc) is 3.63. The molecule has 55 heavy (non-hydrogen) atoms. The second-order valence-corrected chi connectivity index (χ2v) is 16.3. The minimum absolute atomic E-state index is 0.0193. The minimum Gasteiger partial charge on any atom is -0.427 e. The molecule has 15 heteroatoms. The molecule has 2 aliphatic heterocycles. The largest absolute Gasteiger partial charge is 0.427 e. The maximum Gasteiger partial charge on any atom is 0.358 e. The third-order valence-corrected chi connectivity index (χ3v) is 11.7. The van der Waals surface area contributed by atoms with Gasteiger partial charge < -0.3 is 25.4 Å². The molecule has 0 radical (unpaired) electrons. The van der Waals surface area contributed by atoms with Crippen LogP contribution in [0.15, 0.2) is 112 Å². The number of aromatic nitrogens is 1. The van der Waals surface area contributed by atoms with Crippen molar-refractivity contribution in [2.24, 2.45) is 10.6 Å². The van der Waals surface area contributed by atoms with Crippen LogP contribution >= 0.6 is 34.9 Å². The molecule has 1 saturated heterocycles. The molecule has 0 aliphatic carbocycles. The van der Waals surface area contributed by atoms with Crippen molar-refractivity contribution in [2.75, 3.05) is 24.0 Å². The van der Waals surface area contributed by atoms with E-state index in [0.29, 0.717) is 10.7 Å². The predicted octanol–water partition coefficient (Wildman–Crippen LogP) is 5.51. The molecule has 3 aromatic carbocycles. The quantitative estimate of drug-likeness (QED) is 0.0334. The SMILES string of the molecule is C#CCSC1=C(C(=O)OCOC(=O)C(C)(C)C)N2C(=O)[C@@H](NC(=O)/C(=N\OC(c3ccccc3)(c3ccccc3)c3ccccc3)c3csc(N)n3)[C@H]2SC1. The highest BCUT2D eigenvalue weighted by atomic mass is 32.2. The fourth-order valence-electron chi connectivity index (χ4n) is 5.84. The lowest BCUT2D eigenvalue weighted by Gasteiger charge is -2.49. The van der Waals surface area contributed by atoms with Gasteiger partial charge in [-0.15, -0.1) is 41.3 Å². The van der Waals surface area contributed by atoms with Gasteiger partial charge in [0, 0.05) is 32.7 Å². The molecule has 0 saturated carbocycles. The fourth-order valence-corrected chi connectivity index (χ4v) is 8.70. The number of nitrogens with zero attached hydrogens (tertiary/aromatic N) is 3. The van der Waals surface area contributed by atoms with E-state index in [2.05, 4.69) is 21.4 Å². The summed E-state index contributed by atoms with van der Waals surface area (Å²) in [4.78, 5) is 66.5. The Bertz CT molecular complexity index is 2070. The number of nitrogen functional groups attached to an aromatic ring is 1. The Labute approximate surface area is 330 Å². The van der Waals surface area contributed by atoms with E-state index in [-0.39, 0.29) is 28.0 Å². The van der Waals surface area contributed by atoms with Crippen LogP contribution in [0.25, 0.3) is 0 Å². The molecule has 1 fully saturated rings. The summed E-state index contributed by atoms with van der Waals surface area (Å²) in [6.07, 6.45) is 5.49. The van der Waals surface area contributed by atoms with Crippen LogP contribution in [-0.2, 0) is 39.1 Å². The van der Waals surface area contributed by atoms with Crippen molar-refractivity contribution >= 4 is 69.5 Å². The molecule has 2 amide bonds. The number of carbonyl (C=O) groups excluding carboxylic acids is 4. The summed E-state index contributed by atoms with van der Waals surface area (Å²) in [5.41, 5.74) is 6.03. The zero-order valence-corrected chi connectivity index (χ0v) is 32.5. The molecule has 6 rings (SSSR count). The number of carbonyl (C=O) groups is 4. The maximum atomic E-state index is 14.3. The third-order valence-electron chi connectivity index (χ3n) is 8.53. The van der Waals surface area contributed by atoms with Crippen LogP contribution in [0, 0.1) is 17.8 Å². The van der Waals surface area contributed by atoms with Gasteiger partial charge in [-0.1, -0.05) is 102 Å². The fraction of sp³-hybridized carbons (Fsp3) is 0.250. The number of nitrogens with two attached hydrogens (primary N) is 1. The maximum absolute atomic E-state index is 14.3. The highest BCUT2D eigenvalue weighted by molar-refractivity contribution is 8.06. The van der Waals surface area contributed by atoms with Gasteiger partial charge in [-0.3, -0.25) is 19.3 Å². The predicted molar refractivity (Wildman–Crippen MR) is 213 cm³/mol. The number of benzene rings is 3. The average molecular weight is 796 g/mol. The number of esters is 2. The molecule has 0 unspecified atom stereocenters. The van der Waals surface area contributed by atoms with Crippen molar-refractivity contribution in [2.45, 2.75) is 37.8 Å². The Balaban J connectivity index is 1.31. The number of hydrogen-bond acceptors (Lipinski definition) is 13. The van der Waals surface area contributed by atoms with E-state index in [9.17, 15) is 19.2 Å². The first-order valence-electron chi connectivity index (χ1n) is 17.0. The number of nitrogens with one attached hydrogen (secondary N) is 1. The molecule has 4 aromatic rings. The Hall–Kier alpha value is -5.56. The molecule has 12 nitrogen and oxygen atoms in total. The van der Waals surface area contributed by atoms with Crippen LogP contribution in [0.4, 0.5) is 5.13 Å². The first kappa shape index (κ1) is 39.1. The second-order valence-electron chi connectivity index (χ2n) is 13.2. The molecule has 0 spiro atoms. The first-order valence-corrected chi connectivity index (χ1v) is 19.9. The minimum atomic E-state index is -1.31. The van der Waals surface area contributed by atoms with Crippen LogP contribution in [0.3, 0.4) is 0 Å². The summed E-state index contributed by atoms with van der Waals surface area (Å²) in [5.74, 6) is 0.332. The molecule has 0 bridgehead atoms. The van der Waals surface area contributed by atoms with Gasteiger partial charge in [0.25, 0.3) is 11.8 Å². The van der Waals surface area contributed by atoms with E-state index in [1.165, 1.54) is 28.4 Å². The zero-order valence-electron chi connectivity index (χ0n) is 30.1. The van der Waals surface area contributed by atoms with Crippen molar-refractivity contribution in [1.82, 2.24) is 15.2 Å². The van der Waals surface area contributed by atoms with Gasteiger partial charge in [-0.25, -0.2) is 9.78 Å². The van der Waals surface area contributed by atoms with Crippen LogP contribution in [-0.4, -0.2) is 69.1 Å². The number of amides is 2. The molecule has 3 N–H and O–H groups in total. The van der Waals surface area contributed by atoms with E-state index in [0.717, 1.165) is 28.0 Å². The van der Waals surface area contributed by atoms with Gasteiger partial charge in [0.05, 0.1) is 11.2 Å². The molecule has 282 valence electrons. The molecule has 2 atom stereocenters. The van der Waals surface area contributed by atoms with E-state index in [1.54, 1.807) is 26.2 Å². The zero-order chi connectivity index (χ0) is 39.2. The lowest BCUT2D eigenvalue weighted by Crippen LogP contribution is -2.71. The van der Waals surface area contributed by atoms with Crippen molar-refractivity contribution < 1.29 is 33.5 Å². The first-order chi connectivity index (χ1) is 26.5. The summed E-state index contributed by atoms with van der Waals surface area (Å²) < 4.78 is 10.4. The number of β-lactam (4-membered cyclic amide) rings is 1. The van der Waals surface area contributed by atoms with Gasteiger partial charge in [0.1, 0.15) is 22.8 Å². The van der Waals surface area contributed by atoms with E-state index in [1.807, 2.05) is 91.0 Å². The summed E-state index contributed by atoms with van der Waals surface area (Å²) >= 11 is 3.68. The summed E-state index contributed by atoms with van der Waals surface area (Å²) in [6, 6.07) is 27.5. The second kappa shape index (κ2) is 16.8. The van der Waals surface area contributed by atoms with Gasteiger partial charge in [-0.05, 0) is 20.8 Å². The number of anilines is 1. The van der Waals surface area contributed by atoms with Crippen LogP contribution < -0.4 is 11.1 Å². The Kier molecular flexibility index (Phi) is 12.0. The Morgan fingerprint density at radius 2 is 1.56 bits per heavy atom. The number of thioether (sulfide) groups is 2. The molecule has 3 heterocycles. The van der Waals surface area contributed by atoms with Crippen molar-refractivity contribution in [3.05, 3.63) is 129 Å². The highest BCUT2D eigenvalue weighted by Crippen LogP contribution is 2.44. The monoisotopic (exact) mass is 795 g/mol. The summed E-state index contributed by atoms with van der Waals surface area (Å²) in [5, 5.41) is 8.42. The smallest absolute Gasteiger partial charge is 0.358 e. The molecule has 1 aromatic heterocycles. The number of oxime groups is 1. The van der Waals surface area contributed by atoms with E-state index in [4.69, 9.17) is 26.5 Å². The number of terminal acetylenes is 1. The standard InChI is InChI=1S/C40H37N5O7S3/c1-5-21-53-29-23-54-35-31(34(47)45(35)32(29)36(48)50-24-51-37(49)39(2,3)4)43-33(46)30(28-22-55-38(41)42-28)44-52-40(25-15-9-6-10-16-25,26-17-11-7-12-18-26)27-19-13-8-14-20-27/h1,6-20,22,31,35H,21,23-24H2,2-4H3,(H2,41,42)(H,43,46)/b44-30-/t31-,35-/m1/s1. The van der Waals surface area contributed by atoms with Gasteiger partial charge in [0.15, 0.2) is 10.8 Å². The lowest BCUT2D eigenvalue weighted by molar-refractivity contribution is -0.173. The van der Waals surface area contributed by atoms with Crippen LogP contribution in [0.1, 0.15) is 43.2 Å². The Morgan fingerprint density at radius 3 is 2.07 bits per heavy atom. The molecular formula is C40H37N5O7S3. The number of rotatable bonds is 13. The van der Waals surface area contributed by atoms with Crippen molar-refractivity contribution in [3.8, 4) is 12.3 Å². The van der Waals surface area contributed by atoms with E-state index < -0.39 is 53.0 Å². The third kappa shape index (κ3) is 8.26. The highest BCUT2D eigenvalue weighted by Gasteiger charge is 2.55.